The highest BCUT2D eigenvalue weighted by Crippen LogP contribution is 2.37. The van der Waals surface area contributed by atoms with Crippen LogP contribution in [0.1, 0.15) is 24.0 Å². The Morgan fingerprint density at radius 3 is 1.97 bits per heavy atom. The van der Waals surface area contributed by atoms with Gasteiger partial charge in [0, 0.05) is 38.3 Å². The molecule has 1 aliphatic heterocycles. The number of benzene rings is 1. The molecular weight excluding hydrogens is 503 g/mol. The van der Waals surface area contributed by atoms with Gasteiger partial charge >= 0.3 is 30.6 Å². The maximum Gasteiger partial charge on any atom is 0.434 e. The third-order valence-electron chi connectivity index (χ3n) is 5.35. The Bertz CT molecular complexity index is 920. The van der Waals surface area contributed by atoms with E-state index in [1.54, 1.807) is 4.90 Å². The molecule has 196 valence electrons. The van der Waals surface area contributed by atoms with Crippen molar-refractivity contribution in [2.75, 3.05) is 26.2 Å². The number of hydrogen-bond donors (Lipinski definition) is 0. The van der Waals surface area contributed by atoms with Gasteiger partial charge in [-0.3, -0.25) is 9.69 Å². The van der Waals surface area contributed by atoms with Gasteiger partial charge < -0.3 is 14.4 Å². The Hall–Kier alpha value is -2.71. The van der Waals surface area contributed by atoms with Crippen molar-refractivity contribution < 1.29 is 58.6 Å². The normalized spacial score (nSPS) is 18.1. The van der Waals surface area contributed by atoms with Gasteiger partial charge in [0.05, 0.1) is 11.5 Å². The van der Waals surface area contributed by atoms with E-state index >= 15 is 0 Å². The van der Waals surface area contributed by atoms with Crippen LogP contribution in [0.25, 0.3) is 0 Å². The number of carbonyl (C=O) groups is 2. The monoisotopic (exact) mass is 522 g/mol. The molecule has 2 fully saturated rings. The van der Waals surface area contributed by atoms with Gasteiger partial charge in [-0.15, -0.1) is 0 Å². The van der Waals surface area contributed by atoms with E-state index in [2.05, 4.69) is 4.74 Å². The first-order valence-corrected chi connectivity index (χ1v) is 10.3. The summed E-state index contributed by atoms with van der Waals surface area (Å²) in [5, 5.41) is 0. The number of esters is 1. The molecule has 1 aromatic carbocycles. The van der Waals surface area contributed by atoms with Gasteiger partial charge in [0.2, 0.25) is 0 Å². The first-order valence-electron chi connectivity index (χ1n) is 10.3. The first kappa shape index (κ1) is 26.9. The summed E-state index contributed by atoms with van der Waals surface area (Å²) in [4.78, 5) is 26.1. The zero-order chi connectivity index (χ0) is 26.2. The molecule has 1 heterocycles. The number of amides is 1. The molecule has 0 radical (unpaired) electrons. The SMILES string of the molecule is O=C(Oc1cc(C(F)(F)F)ccc1CN1CCN(C(=O)OC(C(F)(F)F)C(F)(F)F)CC1)C1CC1. The van der Waals surface area contributed by atoms with E-state index in [0.717, 1.165) is 12.1 Å². The van der Waals surface area contributed by atoms with Crippen molar-refractivity contribution in [2.24, 2.45) is 5.92 Å². The van der Waals surface area contributed by atoms with E-state index in [0.29, 0.717) is 23.8 Å². The number of piperazine rings is 1. The maximum absolute atomic E-state index is 13.1. The predicted octanol–water partition coefficient (Wildman–Crippen LogP) is 4.77. The van der Waals surface area contributed by atoms with Crippen molar-refractivity contribution in [1.82, 2.24) is 9.80 Å². The van der Waals surface area contributed by atoms with E-state index in [1.807, 2.05) is 0 Å². The highest BCUT2D eigenvalue weighted by Gasteiger charge is 2.60. The van der Waals surface area contributed by atoms with Crippen molar-refractivity contribution in [3.05, 3.63) is 29.3 Å². The highest BCUT2D eigenvalue weighted by atomic mass is 19.4. The van der Waals surface area contributed by atoms with E-state index in [4.69, 9.17) is 4.74 Å². The Morgan fingerprint density at radius 1 is 0.914 bits per heavy atom. The van der Waals surface area contributed by atoms with Crippen LogP contribution in [0.3, 0.4) is 0 Å². The lowest BCUT2D eigenvalue weighted by atomic mass is 10.1. The third-order valence-corrected chi connectivity index (χ3v) is 5.35. The molecule has 1 saturated carbocycles. The largest absolute Gasteiger partial charge is 0.434 e. The van der Waals surface area contributed by atoms with Gasteiger partial charge in [0.15, 0.2) is 0 Å². The molecule has 0 unspecified atom stereocenters. The smallest absolute Gasteiger partial charge is 0.426 e. The van der Waals surface area contributed by atoms with Crippen LogP contribution in [0.4, 0.5) is 44.3 Å². The molecule has 6 nitrogen and oxygen atoms in total. The average Bonchev–Trinajstić information content (AvgIpc) is 3.56. The first-order chi connectivity index (χ1) is 16.1. The Labute approximate surface area is 192 Å². The second-order valence-electron chi connectivity index (χ2n) is 8.13. The Balaban J connectivity index is 1.64. The molecule has 0 bridgehead atoms. The molecule has 2 aliphatic rings. The van der Waals surface area contributed by atoms with Crippen LogP contribution in [0.5, 0.6) is 5.75 Å². The summed E-state index contributed by atoms with van der Waals surface area (Å²) in [5.41, 5.74) is -0.812. The number of hydrogen-bond acceptors (Lipinski definition) is 5. The van der Waals surface area contributed by atoms with Crippen LogP contribution in [0.15, 0.2) is 18.2 Å². The van der Waals surface area contributed by atoms with Gasteiger partial charge in [-0.1, -0.05) is 6.07 Å². The van der Waals surface area contributed by atoms with Gasteiger partial charge in [0.1, 0.15) is 5.75 Å². The lowest BCUT2D eigenvalue weighted by Gasteiger charge is -2.35. The van der Waals surface area contributed by atoms with Crippen molar-refractivity contribution in [2.45, 2.75) is 44.0 Å². The van der Waals surface area contributed by atoms with Crippen molar-refractivity contribution in [3.63, 3.8) is 0 Å². The van der Waals surface area contributed by atoms with E-state index in [9.17, 15) is 49.1 Å². The molecule has 15 heteroatoms. The van der Waals surface area contributed by atoms with E-state index < -0.39 is 42.3 Å². The number of carbonyl (C=O) groups excluding carboxylic acids is 2. The Morgan fingerprint density at radius 2 is 1.49 bits per heavy atom. The summed E-state index contributed by atoms with van der Waals surface area (Å²) < 4.78 is 124. The summed E-state index contributed by atoms with van der Waals surface area (Å²) in [5.74, 6) is -1.34. The summed E-state index contributed by atoms with van der Waals surface area (Å²) >= 11 is 0. The molecule has 1 amide bonds. The van der Waals surface area contributed by atoms with Gasteiger partial charge in [-0.05, 0) is 25.0 Å². The molecule has 1 aliphatic carbocycles. The van der Waals surface area contributed by atoms with Crippen LogP contribution >= 0.6 is 0 Å². The molecule has 0 aromatic heterocycles. The van der Waals surface area contributed by atoms with Crippen molar-refractivity contribution in [3.8, 4) is 5.75 Å². The lowest BCUT2D eigenvalue weighted by Crippen LogP contribution is -2.52. The van der Waals surface area contributed by atoms with E-state index in [-0.39, 0.29) is 50.0 Å². The fourth-order valence-corrected chi connectivity index (χ4v) is 3.29. The summed E-state index contributed by atoms with van der Waals surface area (Å²) in [6.07, 6.45) is -21.3. The number of alkyl halides is 9. The zero-order valence-corrected chi connectivity index (χ0v) is 17.8. The summed E-state index contributed by atoms with van der Waals surface area (Å²) in [6.45, 7) is -0.691. The lowest BCUT2D eigenvalue weighted by molar-refractivity contribution is -0.308. The van der Waals surface area contributed by atoms with Gasteiger partial charge in [-0.25, -0.2) is 4.79 Å². The van der Waals surface area contributed by atoms with Crippen LogP contribution in [0.2, 0.25) is 0 Å². The Kier molecular flexibility index (Phi) is 7.48. The maximum atomic E-state index is 13.1. The van der Waals surface area contributed by atoms with E-state index in [1.165, 1.54) is 0 Å². The molecule has 3 rings (SSSR count). The summed E-state index contributed by atoms with van der Waals surface area (Å²) in [6, 6.07) is 2.61. The topological polar surface area (TPSA) is 59.1 Å². The fraction of sp³-hybridized carbons (Fsp3) is 0.600. The highest BCUT2D eigenvalue weighted by molar-refractivity contribution is 5.77. The molecular formula is C20H19F9N2O4. The number of halogens is 9. The molecule has 1 aromatic rings. The standard InChI is InChI=1S/C20H19F9N2O4/c21-18(22,23)13-4-3-12(14(9-13)34-15(32)11-1-2-11)10-30-5-7-31(8-6-30)17(33)35-16(19(24,25)26)20(27,28)29/h3-4,9,11,16H,1-2,5-8,10H2. The number of ether oxygens (including phenoxy) is 2. The van der Waals surface area contributed by atoms with Gasteiger partial charge in [-0.2, -0.15) is 39.5 Å². The summed E-state index contributed by atoms with van der Waals surface area (Å²) in [7, 11) is 0. The fourth-order valence-electron chi connectivity index (χ4n) is 3.29. The minimum atomic E-state index is -5.84. The van der Waals surface area contributed by atoms with Crippen molar-refractivity contribution in [1.29, 1.82) is 0 Å². The van der Waals surface area contributed by atoms with Crippen molar-refractivity contribution >= 4 is 12.1 Å². The minimum Gasteiger partial charge on any atom is -0.426 e. The second kappa shape index (κ2) is 9.74. The second-order valence-corrected chi connectivity index (χ2v) is 8.13. The zero-order valence-electron chi connectivity index (χ0n) is 17.8. The quantitative estimate of drug-likeness (QED) is 0.317. The van der Waals surface area contributed by atoms with Crippen LogP contribution in [0, 0.1) is 5.92 Å². The molecule has 0 atom stereocenters. The van der Waals surface area contributed by atoms with Gasteiger partial charge in [0.25, 0.3) is 6.10 Å². The van der Waals surface area contributed by atoms with Crippen LogP contribution in [-0.2, 0) is 22.3 Å². The molecule has 0 spiro atoms. The van der Waals surface area contributed by atoms with Crippen LogP contribution in [-0.4, -0.2) is 66.5 Å². The molecule has 0 N–H and O–H groups in total. The van der Waals surface area contributed by atoms with Crippen LogP contribution < -0.4 is 4.74 Å². The molecule has 35 heavy (non-hydrogen) atoms. The average molecular weight is 522 g/mol. The minimum absolute atomic E-state index is 0.0329. The number of nitrogens with zero attached hydrogens (tertiary/aromatic N) is 2. The third kappa shape index (κ3) is 7.15. The number of rotatable bonds is 5. The predicted molar refractivity (Wildman–Crippen MR) is 99.0 cm³/mol. The molecule has 1 saturated heterocycles.